The van der Waals surface area contributed by atoms with Gasteiger partial charge in [-0.2, -0.15) is 5.10 Å². The number of aromatic hydroxyl groups is 1. The van der Waals surface area contributed by atoms with Crippen molar-refractivity contribution >= 4 is 44.1 Å². The van der Waals surface area contributed by atoms with Crippen LogP contribution in [0.1, 0.15) is 44.1 Å². The van der Waals surface area contributed by atoms with Crippen molar-refractivity contribution in [3.63, 3.8) is 0 Å². The number of hydrogen-bond acceptors (Lipinski definition) is 3. The van der Waals surface area contributed by atoms with E-state index in [9.17, 15) is 9.90 Å². The van der Waals surface area contributed by atoms with Gasteiger partial charge in [-0.3, -0.25) is 0 Å². The molecule has 2 amide bonds. The van der Waals surface area contributed by atoms with Gasteiger partial charge in [-0.1, -0.05) is 15.9 Å². The molecule has 25 heavy (non-hydrogen) atoms. The summed E-state index contributed by atoms with van der Waals surface area (Å²) >= 11 is 6.65. The van der Waals surface area contributed by atoms with Crippen molar-refractivity contribution in [3.8, 4) is 5.75 Å². The number of carbonyl (C=O) groups is 1. The number of nitrogens with zero attached hydrogens (tertiary/aromatic N) is 1. The number of amides is 2. The third kappa shape index (κ3) is 3.58. The number of carbonyl (C=O) groups excluding carboxylic acids is 1. The van der Waals surface area contributed by atoms with E-state index in [-0.39, 0.29) is 17.3 Å². The number of hydrazone groups is 1. The number of urea groups is 1. The molecule has 7 heteroatoms. The molecule has 4 aliphatic rings. The fourth-order valence-corrected chi connectivity index (χ4v) is 6.64. The van der Waals surface area contributed by atoms with Gasteiger partial charge in [0.05, 0.1) is 10.7 Å². The van der Waals surface area contributed by atoms with Gasteiger partial charge in [0.15, 0.2) is 0 Å². The van der Waals surface area contributed by atoms with E-state index >= 15 is 0 Å². The number of hydrogen-bond donors (Lipinski definition) is 3. The van der Waals surface area contributed by atoms with Gasteiger partial charge < -0.3 is 10.4 Å². The molecule has 4 saturated carbocycles. The van der Waals surface area contributed by atoms with Crippen molar-refractivity contribution in [2.24, 2.45) is 22.9 Å². The molecule has 4 bridgehead atoms. The highest BCUT2D eigenvalue weighted by Crippen LogP contribution is 2.55. The van der Waals surface area contributed by atoms with E-state index < -0.39 is 0 Å². The molecule has 4 fully saturated rings. The van der Waals surface area contributed by atoms with Crippen LogP contribution >= 0.6 is 31.9 Å². The maximum Gasteiger partial charge on any atom is 0.335 e. The lowest BCUT2D eigenvalue weighted by Gasteiger charge is -2.56. The molecular weight excluding hydrogens is 450 g/mol. The van der Waals surface area contributed by atoms with Crippen LogP contribution in [-0.4, -0.2) is 22.9 Å². The Morgan fingerprint density at radius 1 is 1.16 bits per heavy atom. The third-order valence-electron chi connectivity index (χ3n) is 5.84. The summed E-state index contributed by atoms with van der Waals surface area (Å²) < 4.78 is 1.39. The predicted octanol–water partition coefficient (Wildman–Crippen LogP) is 4.52. The Labute approximate surface area is 163 Å². The Bertz CT molecular complexity index is 700. The summed E-state index contributed by atoms with van der Waals surface area (Å²) in [6.45, 7) is 0. The van der Waals surface area contributed by atoms with Gasteiger partial charge in [-0.05, 0) is 84.3 Å². The Balaban J connectivity index is 1.39. The summed E-state index contributed by atoms with van der Waals surface area (Å²) in [4.78, 5) is 12.3. The summed E-state index contributed by atoms with van der Waals surface area (Å²) in [5.41, 5.74) is 3.04. The molecule has 4 aliphatic carbocycles. The number of benzene rings is 1. The molecule has 0 saturated heterocycles. The normalized spacial score (nSPS) is 33.0. The van der Waals surface area contributed by atoms with Crippen LogP contribution in [0.3, 0.4) is 0 Å². The van der Waals surface area contributed by atoms with Crippen molar-refractivity contribution in [2.45, 2.75) is 44.1 Å². The van der Waals surface area contributed by atoms with Crippen LogP contribution in [0.5, 0.6) is 5.75 Å². The minimum absolute atomic E-state index is 0.0324. The van der Waals surface area contributed by atoms with E-state index in [0.717, 1.165) is 41.5 Å². The Morgan fingerprint density at radius 3 is 2.36 bits per heavy atom. The lowest BCUT2D eigenvalue weighted by Crippen LogP contribution is -2.61. The minimum Gasteiger partial charge on any atom is -0.506 e. The molecule has 0 unspecified atom stereocenters. The van der Waals surface area contributed by atoms with Crippen LogP contribution in [0.15, 0.2) is 26.2 Å². The molecule has 134 valence electrons. The van der Waals surface area contributed by atoms with Crippen LogP contribution in [0.4, 0.5) is 4.79 Å². The monoisotopic (exact) mass is 469 g/mol. The van der Waals surface area contributed by atoms with Crippen LogP contribution in [0.2, 0.25) is 0 Å². The quantitative estimate of drug-likeness (QED) is 0.448. The van der Waals surface area contributed by atoms with Crippen molar-refractivity contribution in [1.82, 2.24) is 10.7 Å². The fraction of sp³-hybridized carbons (Fsp3) is 0.556. The zero-order valence-corrected chi connectivity index (χ0v) is 16.9. The van der Waals surface area contributed by atoms with Gasteiger partial charge >= 0.3 is 6.03 Å². The first-order chi connectivity index (χ1) is 11.9. The maximum absolute atomic E-state index is 12.3. The highest BCUT2D eigenvalue weighted by molar-refractivity contribution is 9.11. The van der Waals surface area contributed by atoms with Gasteiger partial charge in [-0.25, -0.2) is 10.2 Å². The molecule has 5 nitrogen and oxygen atoms in total. The average molecular weight is 471 g/mol. The molecule has 0 heterocycles. The van der Waals surface area contributed by atoms with Crippen molar-refractivity contribution in [1.29, 1.82) is 0 Å². The fourth-order valence-electron chi connectivity index (χ4n) is 5.38. The first kappa shape index (κ1) is 17.3. The standard InChI is InChI=1S/C18H21Br2N3O2/c19-14-4-13(16(24)15(20)5-14)9-21-23-17(25)22-18-6-10-1-11(7-18)3-12(2-10)8-18/h4-5,9-12,24H,1-3,6-8H2,(H2,22,23,25)/b21-9-. The second-order valence-corrected chi connectivity index (χ2v) is 9.62. The second-order valence-electron chi connectivity index (χ2n) is 7.85. The molecule has 0 radical (unpaired) electrons. The van der Waals surface area contributed by atoms with E-state index in [2.05, 4.69) is 47.7 Å². The van der Waals surface area contributed by atoms with Gasteiger partial charge in [-0.15, -0.1) is 0 Å². The molecule has 1 aromatic rings. The summed E-state index contributed by atoms with van der Waals surface area (Å²) in [7, 11) is 0. The Kier molecular flexibility index (Phi) is 4.56. The Hall–Kier alpha value is -1.08. The smallest absolute Gasteiger partial charge is 0.335 e. The zero-order valence-electron chi connectivity index (χ0n) is 13.8. The molecule has 0 atom stereocenters. The van der Waals surface area contributed by atoms with E-state index in [1.165, 1.54) is 25.5 Å². The van der Waals surface area contributed by atoms with Gasteiger partial charge in [0.2, 0.25) is 0 Å². The molecule has 1 aromatic carbocycles. The van der Waals surface area contributed by atoms with Crippen LogP contribution < -0.4 is 10.7 Å². The van der Waals surface area contributed by atoms with E-state index in [0.29, 0.717) is 10.0 Å². The van der Waals surface area contributed by atoms with Crippen LogP contribution in [0, 0.1) is 17.8 Å². The number of rotatable bonds is 3. The van der Waals surface area contributed by atoms with Gasteiger partial charge in [0, 0.05) is 15.6 Å². The Morgan fingerprint density at radius 2 is 1.76 bits per heavy atom. The molecule has 3 N–H and O–H groups in total. The molecule has 0 aromatic heterocycles. The summed E-state index contributed by atoms with van der Waals surface area (Å²) in [6.07, 6.45) is 8.80. The number of nitrogens with one attached hydrogen (secondary N) is 2. The molecular formula is C18H21Br2N3O2. The maximum atomic E-state index is 12.3. The number of halogens is 2. The minimum atomic E-state index is -0.258. The second kappa shape index (κ2) is 6.58. The average Bonchev–Trinajstić information content (AvgIpc) is 2.50. The van der Waals surface area contributed by atoms with Gasteiger partial charge in [0.1, 0.15) is 5.75 Å². The predicted molar refractivity (Wildman–Crippen MR) is 104 cm³/mol. The van der Waals surface area contributed by atoms with Crippen molar-refractivity contribution < 1.29 is 9.90 Å². The SMILES string of the molecule is O=C(N/N=C\c1cc(Br)cc(Br)c1O)NC12CC3CC(CC(C3)C1)C2. The molecule has 0 aliphatic heterocycles. The number of phenols is 1. The van der Waals surface area contributed by atoms with Crippen molar-refractivity contribution in [3.05, 3.63) is 26.6 Å². The summed E-state index contributed by atoms with van der Waals surface area (Å²) in [6, 6.07) is 3.23. The highest BCUT2D eigenvalue weighted by atomic mass is 79.9. The van der Waals surface area contributed by atoms with Crippen LogP contribution in [0.25, 0.3) is 0 Å². The van der Waals surface area contributed by atoms with Crippen molar-refractivity contribution in [2.75, 3.05) is 0 Å². The summed E-state index contributed by atoms with van der Waals surface area (Å²) in [5, 5.41) is 17.2. The zero-order chi connectivity index (χ0) is 17.6. The van der Waals surface area contributed by atoms with E-state index in [1.54, 1.807) is 12.1 Å². The number of phenolic OH excluding ortho intramolecular Hbond substituents is 1. The lowest BCUT2D eigenvalue weighted by molar-refractivity contribution is -0.0135. The largest absolute Gasteiger partial charge is 0.506 e. The lowest BCUT2D eigenvalue weighted by atomic mass is 9.53. The van der Waals surface area contributed by atoms with E-state index in [1.807, 2.05) is 0 Å². The molecule has 0 spiro atoms. The highest BCUT2D eigenvalue weighted by Gasteiger charge is 2.51. The third-order valence-corrected chi connectivity index (χ3v) is 6.91. The first-order valence-electron chi connectivity index (χ1n) is 8.72. The first-order valence-corrected chi connectivity index (χ1v) is 10.3. The topological polar surface area (TPSA) is 73.7 Å². The van der Waals surface area contributed by atoms with E-state index in [4.69, 9.17) is 0 Å². The van der Waals surface area contributed by atoms with Crippen LogP contribution in [-0.2, 0) is 0 Å². The summed E-state index contributed by atoms with van der Waals surface area (Å²) in [5.74, 6) is 2.44. The van der Waals surface area contributed by atoms with Gasteiger partial charge in [0.25, 0.3) is 0 Å². The molecule has 5 rings (SSSR count).